The molecule has 0 saturated heterocycles. The number of hydrogen-bond acceptors (Lipinski definition) is 0. The minimum Gasteiger partial charge on any atom is -0.309 e. The van der Waals surface area contributed by atoms with Gasteiger partial charge in [0.05, 0.1) is 22.1 Å². The first-order valence-electron chi connectivity index (χ1n) is 14.5. The van der Waals surface area contributed by atoms with Crippen LogP contribution in [0.1, 0.15) is 0 Å². The third-order valence-corrected chi connectivity index (χ3v) is 8.66. The molecule has 0 N–H and O–H groups in total. The van der Waals surface area contributed by atoms with E-state index in [9.17, 15) is 0 Å². The smallest absolute Gasteiger partial charge is 0.0562 e. The number of nitrogens with zero attached hydrogens (tertiary/aromatic N) is 2. The van der Waals surface area contributed by atoms with E-state index in [1.807, 2.05) is 0 Å². The Hall–Kier alpha value is -5.60. The van der Waals surface area contributed by atoms with Crippen molar-refractivity contribution in [3.05, 3.63) is 158 Å². The van der Waals surface area contributed by atoms with Crippen molar-refractivity contribution in [2.45, 2.75) is 0 Å². The summed E-state index contributed by atoms with van der Waals surface area (Å²) in [6, 6.07) is 57.2. The van der Waals surface area contributed by atoms with E-state index in [-0.39, 0.29) is 0 Å². The van der Waals surface area contributed by atoms with Gasteiger partial charge in [0.2, 0.25) is 0 Å². The van der Waals surface area contributed by atoms with Gasteiger partial charge in [0.25, 0.3) is 0 Å². The average Bonchev–Trinajstić information content (AvgIpc) is 3.55. The molecule has 42 heavy (non-hydrogen) atoms. The Labute approximate surface area is 243 Å². The summed E-state index contributed by atoms with van der Waals surface area (Å²) >= 11 is 0. The summed E-state index contributed by atoms with van der Waals surface area (Å²) in [7, 11) is 0. The molecular formula is C40H26N2. The largest absolute Gasteiger partial charge is 0.309 e. The van der Waals surface area contributed by atoms with Crippen LogP contribution in [0.15, 0.2) is 158 Å². The molecule has 9 rings (SSSR count). The lowest BCUT2D eigenvalue weighted by atomic mass is 9.93. The van der Waals surface area contributed by atoms with Crippen LogP contribution in [0.3, 0.4) is 0 Å². The predicted molar refractivity (Wildman–Crippen MR) is 178 cm³/mol. The Balaban J connectivity index is 1.55. The maximum Gasteiger partial charge on any atom is 0.0562 e. The Morgan fingerprint density at radius 1 is 0.333 bits per heavy atom. The second-order valence-corrected chi connectivity index (χ2v) is 11.0. The molecule has 0 aliphatic rings. The third-order valence-electron chi connectivity index (χ3n) is 8.66. The van der Waals surface area contributed by atoms with Gasteiger partial charge < -0.3 is 9.13 Å². The maximum absolute atomic E-state index is 2.45. The molecule has 2 heteroatoms. The van der Waals surface area contributed by atoms with Gasteiger partial charge in [0.15, 0.2) is 0 Å². The summed E-state index contributed by atoms with van der Waals surface area (Å²) in [6.45, 7) is 0. The Kier molecular flexibility index (Phi) is 4.93. The zero-order chi connectivity index (χ0) is 27.6. The summed E-state index contributed by atoms with van der Waals surface area (Å²) in [6.07, 6.45) is 0. The topological polar surface area (TPSA) is 9.86 Å². The molecule has 2 heterocycles. The van der Waals surface area contributed by atoms with E-state index in [1.54, 1.807) is 0 Å². The first-order chi connectivity index (χ1) is 20.9. The second-order valence-electron chi connectivity index (χ2n) is 11.0. The standard InChI is InChI=1S/C40H26N2/c1-4-14-27(15-5-1)39-31-21-11-10-16-28(31)24-38-40(39)34-25-33-32-22-12-13-23-35(32)41(29-17-6-2-7-18-29)36(33)26-37(34)42(38)30-19-8-3-9-20-30/h1-26H. The molecule has 0 atom stereocenters. The molecule has 196 valence electrons. The normalized spacial score (nSPS) is 11.8. The lowest BCUT2D eigenvalue weighted by Gasteiger charge is -2.12. The molecule has 0 saturated carbocycles. The van der Waals surface area contributed by atoms with E-state index < -0.39 is 0 Å². The molecule has 0 aliphatic carbocycles. The van der Waals surface area contributed by atoms with Crippen LogP contribution in [0.25, 0.3) is 76.9 Å². The van der Waals surface area contributed by atoms with Gasteiger partial charge in [0.1, 0.15) is 0 Å². The fraction of sp³-hybridized carbons (Fsp3) is 0. The molecule has 2 aromatic heterocycles. The quantitative estimate of drug-likeness (QED) is 0.213. The van der Waals surface area contributed by atoms with Crippen LogP contribution >= 0.6 is 0 Å². The minimum atomic E-state index is 1.16. The highest BCUT2D eigenvalue weighted by molar-refractivity contribution is 6.26. The van der Waals surface area contributed by atoms with Crippen LogP contribution < -0.4 is 0 Å². The van der Waals surface area contributed by atoms with Crippen molar-refractivity contribution in [1.82, 2.24) is 9.13 Å². The van der Waals surface area contributed by atoms with Crippen LogP contribution in [-0.4, -0.2) is 9.13 Å². The number of rotatable bonds is 3. The lowest BCUT2D eigenvalue weighted by Crippen LogP contribution is -1.95. The first-order valence-corrected chi connectivity index (χ1v) is 14.5. The van der Waals surface area contributed by atoms with Crippen molar-refractivity contribution >= 4 is 54.4 Å². The van der Waals surface area contributed by atoms with Gasteiger partial charge in [-0.3, -0.25) is 0 Å². The van der Waals surface area contributed by atoms with E-state index in [0.717, 1.165) is 5.69 Å². The summed E-state index contributed by atoms with van der Waals surface area (Å²) < 4.78 is 4.86. The van der Waals surface area contributed by atoms with E-state index >= 15 is 0 Å². The minimum absolute atomic E-state index is 1.16. The number of aromatic nitrogens is 2. The zero-order valence-corrected chi connectivity index (χ0v) is 22.9. The Morgan fingerprint density at radius 3 is 1.60 bits per heavy atom. The van der Waals surface area contributed by atoms with Crippen LogP contribution in [0.5, 0.6) is 0 Å². The fourth-order valence-electron chi connectivity index (χ4n) is 6.92. The molecule has 2 nitrogen and oxygen atoms in total. The van der Waals surface area contributed by atoms with Gasteiger partial charge in [-0.2, -0.15) is 0 Å². The molecule has 0 amide bonds. The Morgan fingerprint density at radius 2 is 0.881 bits per heavy atom. The van der Waals surface area contributed by atoms with Crippen LogP contribution in [0, 0.1) is 0 Å². The molecule has 0 radical (unpaired) electrons. The molecular weight excluding hydrogens is 508 g/mol. The van der Waals surface area contributed by atoms with Crippen LogP contribution in [-0.2, 0) is 0 Å². The molecule has 0 bridgehead atoms. The van der Waals surface area contributed by atoms with Crippen LogP contribution in [0.4, 0.5) is 0 Å². The van der Waals surface area contributed by atoms with Crippen molar-refractivity contribution in [3.8, 4) is 22.5 Å². The van der Waals surface area contributed by atoms with Crippen molar-refractivity contribution in [2.24, 2.45) is 0 Å². The molecule has 7 aromatic carbocycles. The highest BCUT2D eigenvalue weighted by Gasteiger charge is 2.22. The molecule has 0 fully saturated rings. The summed E-state index contributed by atoms with van der Waals surface area (Å²) in [5, 5.41) is 7.60. The summed E-state index contributed by atoms with van der Waals surface area (Å²) in [5.41, 5.74) is 9.70. The number of para-hydroxylation sites is 3. The first kappa shape index (κ1) is 23.1. The average molecular weight is 535 g/mol. The second kappa shape index (κ2) is 8.95. The number of hydrogen-bond donors (Lipinski definition) is 0. The van der Waals surface area contributed by atoms with Crippen LogP contribution in [0.2, 0.25) is 0 Å². The maximum atomic E-state index is 2.45. The van der Waals surface area contributed by atoms with E-state index in [1.165, 1.54) is 71.2 Å². The fourth-order valence-corrected chi connectivity index (χ4v) is 6.92. The lowest BCUT2D eigenvalue weighted by molar-refractivity contribution is 1.17. The molecule has 0 spiro atoms. The third kappa shape index (κ3) is 3.27. The number of benzene rings is 7. The highest BCUT2D eigenvalue weighted by atomic mass is 15.0. The van der Waals surface area contributed by atoms with Gasteiger partial charge in [0, 0.05) is 32.9 Å². The van der Waals surface area contributed by atoms with Gasteiger partial charge in [-0.25, -0.2) is 0 Å². The van der Waals surface area contributed by atoms with E-state index in [4.69, 9.17) is 0 Å². The SMILES string of the molecule is c1ccc(-c2c3ccccc3cc3c2c2cc4c5ccccc5n(-c5ccccc5)c4cc2n3-c2ccccc2)cc1. The van der Waals surface area contributed by atoms with E-state index in [0.29, 0.717) is 0 Å². The van der Waals surface area contributed by atoms with Crippen molar-refractivity contribution < 1.29 is 0 Å². The zero-order valence-electron chi connectivity index (χ0n) is 22.9. The predicted octanol–water partition coefficient (Wildman–Crippen LogP) is 10.7. The monoisotopic (exact) mass is 534 g/mol. The van der Waals surface area contributed by atoms with E-state index in [2.05, 4.69) is 167 Å². The highest BCUT2D eigenvalue weighted by Crippen LogP contribution is 2.45. The molecule has 0 unspecified atom stereocenters. The van der Waals surface area contributed by atoms with Gasteiger partial charge in [-0.05, 0) is 70.4 Å². The molecule has 9 aromatic rings. The summed E-state index contributed by atoms with van der Waals surface area (Å²) in [4.78, 5) is 0. The van der Waals surface area contributed by atoms with Crippen molar-refractivity contribution in [1.29, 1.82) is 0 Å². The molecule has 0 aliphatic heterocycles. The van der Waals surface area contributed by atoms with Gasteiger partial charge >= 0.3 is 0 Å². The van der Waals surface area contributed by atoms with Crippen molar-refractivity contribution in [3.63, 3.8) is 0 Å². The Bertz CT molecular complexity index is 2430. The van der Waals surface area contributed by atoms with Gasteiger partial charge in [-0.1, -0.05) is 109 Å². The van der Waals surface area contributed by atoms with Crippen molar-refractivity contribution in [2.75, 3.05) is 0 Å². The van der Waals surface area contributed by atoms with Gasteiger partial charge in [-0.15, -0.1) is 0 Å². The number of fused-ring (bicyclic) bond motifs is 7. The summed E-state index contributed by atoms with van der Waals surface area (Å²) in [5.74, 6) is 0.